The van der Waals surface area contributed by atoms with E-state index in [1.54, 1.807) is 20.3 Å². The van der Waals surface area contributed by atoms with Gasteiger partial charge in [-0.3, -0.25) is 0 Å². The van der Waals surface area contributed by atoms with E-state index in [2.05, 4.69) is 15.3 Å². The third-order valence-corrected chi connectivity index (χ3v) is 3.62. The van der Waals surface area contributed by atoms with Gasteiger partial charge in [-0.2, -0.15) is 9.97 Å². The number of ether oxygens (including phenoxy) is 2. The fraction of sp³-hybridized carbons (Fsp3) is 0.667. The maximum Gasteiger partial charge on any atom is 0.229 e. The molecule has 1 heterocycles. The van der Waals surface area contributed by atoms with Gasteiger partial charge in [0.15, 0.2) is 0 Å². The van der Waals surface area contributed by atoms with Gasteiger partial charge < -0.3 is 19.9 Å². The number of methoxy groups -OCH3 is 2. The molecule has 1 fully saturated rings. The summed E-state index contributed by atoms with van der Waals surface area (Å²) in [6.07, 6.45) is 0.401. The minimum atomic E-state index is -0.289. The number of aliphatic hydroxyl groups is 1. The van der Waals surface area contributed by atoms with E-state index in [1.807, 2.05) is 13.8 Å². The molecule has 100 valence electrons. The molecule has 0 spiro atoms. The van der Waals surface area contributed by atoms with Crippen LogP contribution in [0.25, 0.3) is 0 Å². The predicted octanol–water partition coefficient (Wildman–Crippen LogP) is 1.07. The highest BCUT2D eigenvalue weighted by Crippen LogP contribution is 2.42. The minimum Gasteiger partial charge on any atom is -0.481 e. The Morgan fingerprint density at radius 2 is 1.83 bits per heavy atom. The van der Waals surface area contributed by atoms with Crippen LogP contribution in [0.5, 0.6) is 11.8 Å². The summed E-state index contributed by atoms with van der Waals surface area (Å²) in [6.45, 7) is 4.02. The lowest BCUT2D eigenvalue weighted by Crippen LogP contribution is -2.57. The molecule has 0 aliphatic heterocycles. The zero-order valence-corrected chi connectivity index (χ0v) is 11.1. The van der Waals surface area contributed by atoms with Crippen LogP contribution < -0.4 is 14.8 Å². The van der Waals surface area contributed by atoms with E-state index in [1.165, 1.54) is 0 Å². The predicted molar refractivity (Wildman–Crippen MR) is 67.0 cm³/mol. The first-order chi connectivity index (χ1) is 8.47. The van der Waals surface area contributed by atoms with Gasteiger partial charge in [0.1, 0.15) is 0 Å². The van der Waals surface area contributed by atoms with E-state index in [-0.39, 0.29) is 17.6 Å². The molecule has 6 nitrogen and oxygen atoms in total. The highest BCUT2D eigenvalue weighted by atomic mass is 16.5. The van der Waals surface area contributed by atoms with Crippen LogP contribution >= 0.6 is 0 Å². The van der Waals surface area contributed by atoms with Gasteiger partial charge in [0.05, 0.1) is 26.4 Å². The SMILES string of the molecule is COc1cc(OC)nc(NC2CC(O)C2(C)C)n1. The van der Waals surface area contributed by atoms with Crippen LogP contribution in [0, 0.1) is 5.41 Å². The molecule has 0 saturated heterocycles. The number of nitrogens with zero attached hydrogens (tertiary/aromatic N) is 2. The molecule has 1 aliphatic rings. The Morgan fingerprint density at radius 1 is 1.28 bits per heavy atom. The summed E-state index contributed by atoms with van der Waals surface area (Å²) in [6, 6.07) is 1.76. The van der Waals surface area contributed by atoms with Crippen molar-refractivity contribution in [3.63, 3.8) is 0 Å². The van der Waals surface area contributed by atoms with Crippen LogP contribution in [0.4, 0.5) is 5.95 Å². The molecule has 1 aliphatic carbocycles. The van der Waals surface area contributed by atoms with Gasteiger partial charge in [0.2, 0.25) is 17.7 Å². The Labute approximate surface area is 106 Å². The van der Waals surface area contributed by atoms with Crippen LogP contribution in [0.3, 0.4) is 0 Å². The highest BCUT2D eigenvalue weighted by Gasteiger charge is 2.47. The van der Waals surface area contributed by atoms with Gasteiger partial charge in [-0.15, -0.1) is 0 Å². The second-order valence-electron chi connectivity index (χ2n) is 5.05. The third-order valence-electron chi connectivity index (χ3n) is 3.62. The first kappa shape index (κ1) is 12.9. The first-order valence-corrected chi connectivity index (χ1v) is 5.89. The minimum absolute atomic E-state index is 0.143. The Morgan fingerprint density at radius 3 is 2.22 bits per heavy atom. The first-order valence-electron chi connectivity index (χ1n) is 5.89. The lowest BCUT2D eigenvalue weighted by Gasteiger charge is -2.49. The quantitative estimate of drug-likeness (QED) is 0.835. The van der Waals surface area contributed by atoms with Crippen molar-refractivity contribution in [2.24, 2.45) is 5.41 Å². The number of hydrogen-bond acceptors (Lipinski definition) is 6. The number of aromatic nitrogens is 2. The third kappa shape index (κ3) is 2.20. The average Bonchev–Trinajstić information content (AvgIpc) is 2.38. The normalized spacial score (nSPS) is 25.2. The second kappa shape index (κ2) is 4.61. The second-order valence-corrected chi connectivity index (χ2v) is 5.05. The van der Waals surface area contributed by atoms with E-state index in [9.17, 15) is 5.11 Å². The van der Waals surface area contributed by atoms with Gasteiger partial charge in [-0.05, 0) is 6.42 Å². The Kier molecular flexibility index (Phi) is 3.30. The molecule has 0 amide bonds. The van der Waals surface area contributed by atoms with Crippen molar-refractivity contribution in [2.45, 2.75) is 32.4 Å². The summed E-state index contributed by atoms with van der Waals surface area (Å²) in [5.74, 6) is 1.35. The van der Waals surface area contributed by atoms with E-state index in [0.717, 1.165) is 0 Å². The molecule has 2 rings (SSSR count). The largest absolute Gasteiger partial charge is 0.481 e. The summed E-state index contributed by atoms with van der Waals surface area (Å²) >= 11 is 0. The summed E-state index contributed by atoms with van der Waals surface area (Å²) in [5.41, 5.74) is -0.181. The zero-order valence-electron chi connectivity index (χ0n) is 11.1. The van der Waals surface area contributed by atoms with Crippen molar-refractivity contribution in [1.82, 2.24) is 9.97 Å². The number of hydrogen-bond donors (Lipinski definition) is 2. The van der Waals surface area contributed by atoms with Gasteiger partial charge in [0, 0.05) is 11.5 Å². The molecule has 2 unspecified atom stereocenters. The highest BCUT2D eigenvalue weighted by molar-refractivity contribution is 5.36. The maximum atomic E-state index is 9.70. The summed E-state index contributed by atoms with van der Waals surface area (Å²) in [7, 11) is 3.09. The molecule has 0 radical (unpaired) electrons. The lowest BCUT2D eigenvalue weighted by atomic mass is 9.65. The van der Waals surface area contributed by atoms with Crippen molar-refractivity contribution < 1.29 is 14.6 Å². The van der Waals surface area contributed by atoms with Crippen LogP contribution in [-0.4, -0.2) is 41.4 Å². The molecule has 6 heteroatoms. The zero-order chi connectivity index (χ0) is 13.3. The molecule has 1 aromatic rings. The van der Waals surface area contributed by atoms with Gasteiger partial charge in [-0.1, -0.05) is 13.8 Å². The fourth-order valence-corrected chi connectivity index (χ4v) is 1.98. The van der Waals surface area contributed by atoms with E-state index in [0.29, 0.717) is 24.1 Å². The van der Waals surface area contributed by atoms with Crippen LogP contribution in [0.2, 0.25) is 0 Å². The van der Waals surface area contributed by atoms with Crippen LogP contribution in [-0.2, 0) is 0 Å². The summed E-state index contributed by atoms with van der Waals surface area (Å²) < 4.78 is 10.2. The Bertz CT molecular complexity index is 414. The van der Waals surface area contributed by atoms with Crippen LogP contribution in [0.1, 0.15) is 20.3 Å². The van der Waals surface area contributed by atoms with Crippen molar-refractivity contribution >= 4 is 5.95 Å². The summed E-state index contributed by atoms with van der Waals surface area (Å²) in [5, 5.41) is 12.9. The molecule has 2 N–H and O–H groups in total. The van der Waals surface area contributed by atoms with Gasteiger partial charge in [-0.25, -0.2) is 0 Å². The average molecular weight is 253 g/mol. The molecule has 1 aromatic heterocycles. The number of anilines is 1. The van der Waals surface area contributed by atoms with Gasteiger partial charge >= 0.3 is 0 Å². The standard InChI is InChI=1S/C12H19N3O3/c1-12(2)7(5-8(12)16)13-11-14-9(17-3)6-10(15-11)18-4/h6-8,16H,5H2,1-4H3,(H,13,14,15). The molecule has 1 saturated carbocycles. The topological polar surface area (TPSA) is 76.5 Å². The van der Waals surface area contributed by atoms with Crippen molar-refractivity contribution in [3.8, 4) is 11.8 Å². The fourth-order valence-electron chi connectivity index (χ4n) is 1.98. The van der Waals surface area contributed by atoms with E-state index >= 15 is 0 Å². The van der Waals surface area contributed by atoms with Gasteiger partial charge in [0.25, 0.3) is 0 Å². The number of rotatable bonds is 4. The van der Waals surface area contributed by atoms with Crippen molar-refractivity contribution in [1.29, 1.82) is 0 Å². The Hall–Kier alpha value is -1.56. The molecule has 0 aromatic carbocycles. The Balaban J connectivity index is 2.14. The van der Waals surface area contributed by atoms with Crippen molar-refractivity contribution in [2.75, 3.05) is 19.5 Å². The van der Waals surface area contributed by atoms with E-state index < -0.39 is 0 Å². The smallest absolute Gasteiger partial charge is 0.229 e. The monoisotopic (exact) mass is 253 g/mol. The molecular weight excluding hydrogens is 234 g/mol. The lowest BCUT2D eigenvalue weighted by molar-refractivity contribution is -0.0513. The molecule has 18 heavy (non-hydrogen) atoms. The number of aliphatic hydroxyl groups excluding tert-OH is 1. The van der Waals surface area contributed by atoms with Crippen LogP contribution in [0.15, 0.2) is 6.07 Å². The molecular formula is C12H19N3O3. The molecule has 2 atom stereocenters. The summed E-state index contributed by atoms with van der Waals surface area (Å²) in [4.78, 5) is 8.41. The maximum absolute atomic E-state index is 9.70. The number of nitrogens with one attached hydrogen (secondary N) is 1. The molecule has 0 bridgehead atoms. The van der Waals surface area contributed by atoms with E-state index in [4.69, 9.17) is 9.47 Å². The van der Waals surface area contributed by atoms with Crippen molar-refractivity contribution in [3.05, 3.63) is 6.07 Å².